The number of imidazole rings is 1. The summed E-state index contributed by atoms with van der Waals surface area (Å²) in [6.45, 7) is 5.00. The number of nitrogens with zero attached hydrogens (tertiary/aromatic N) is 5. The van der Waals surface area contributed by atoms with E-state index in [2.05, 4.69) is 67.1 Å². The van der Waals surface area contributed by atoms with E-state index in [1.807, 2.05) is 44.0 Å². The quantitative estimate of drug-likeness (QED) is 0.548. The van der Waals surface area contributed by atoms with Gasteiger partial charge >= 0.3 is 0 Å². The highest BCUT2D eigenvalue weighted by atomic mass is 15.3. The molecule has 0 bridgehead atoms. The van der Waals surface area contributed by atoms with Crippen molar-refractivity contribution in [3.63, 3.8) is 0 Å². The molecule has 1 aliphatic rings. The number of piperidine rings is 1. The van der Waals surface area contributed by atoms with Crippen LogP contribution in [0.2, 0.25) is 0 Å². The summed E-state index contributed by atoms with van der Waals surface area (Å²) in [5.41, 5.74) is 3.34. The minimum atomic E-state index is 0.414. The van der Waals surface area contributed by atoms with Crippen molar-refractivity contribution in [2.45, 2.75) is 25.9 Å². The van der Waals surface area contributed by atoms with Crippen LogP contribution in [0.25, 0.3) is 11.3 Å². The molecule has 1 aliphatic heterocycles. The van der Waals surface area contributed by atoms with Crippen molar-refractivity contribution in [2.75, 3.05) is 20.1 Å². The van der Waals surface area contributed by atoms with E-state index < -0.39 is 0 Å². The lowest BCUT2D eigenvalue weighted by Gasteiger charge is -2.39. The summed E-state index contributed by atoms with van der Waals surface area (Å²) < 4.78 is 2.22. The molecule has 0 radical (unpaired) electrons. The molecule has 1 saturated heterocycles. The molecule has 6 nitrogen and oxygen atoms in total. The lowest BCUT2D eigenvalue weighted by atomic mass is 9.93. The maximum absolute atomic E-state index is 4.54. The highest BCUT2D eigenvalue weighted by Crippen LogP contribution is 2.27. The summed E-state index contributed by atoms with van der Waals surface area (Å²) in [4.78, 5) is 15.6. The fourth-order valence-corrected chi connectivity index (χ4v) is 3.98. The van der Waals surface area contributed by atoms with Gasteiger partial charge in [0.05, 0.1) is 18.1 Å². The molecule has 2 unspecified atom stereocenters. The minimum Gasteiger partial charge on any atom is -0.352 e. The van der Waals surface area contributed by atoms with E-state index in [-0.39, 0.29) is 0 Å². The fraction of sp³-hybridized carbons (Fsp3) is 0.348. The molecule has 2 atom stereocenters. The first kappa shape index (κ1) is 19.2. The monoisotopic (exact) mass is 388 g/mol. The van der Waals surface area contributed by atoms with E-state index in [1.165, 1.54) is 5.56 Å². The summed E-state index contributed by atoms with van der Waals surface area (Å²) in [5.74, 6) is 1.57. The van der Waals surface area contributed by atoms with Gasteiger partial charge in [0, 0.05) is 50.8 Å². The molecule has 29 heavy (non-hydrogen) atoms. The van der Waals surface area contributed by atoms with Crippen LogP contribution in [0.3, 0.4) is 0 Å². The number of pyridine rings is 1. The number of aromatic nitrogens is 3. The maximum Gasteiger partial charge on any atom is 0.193 e. The third-order valence-electron chi connectivity index (χ3n) is 5.68. The van der Waals surface area contributed by atoms with Gasteiger partial charge in [-0.3, -0.25) is 9.98 Å². The second-order valence-electron chi connectivity index (χ2n) is 7.61. The Labute approximate surface area is 172 Å². The third-order valence-corrected chi connectivity index (χ3v) is 5.68. The number of aliphatic imine (C=N–C) groups is 1. The van der Waals surface area contributed by atoms with Gasteiger partial charge in [-0.2, -0.15) is 0 Å². The van der Waals surface area contributed by atoms with Gasteiger partial charge in [0.25, 0.3) is 0 Å². The molecule has 0 aliphatic carbocycles. The summed E-state index contributed by atoms with van der Waals surface area (Å²) in [6.07, 6.45) is 8.80. The largest absolute Gasteiger partial charge is 0.352 e. The molecular formula is C23H28N6. The van der Waals surface area contributed by atoms with Crippen LogP contribution in [-0.2, 0) is 6.54 Å². The zero-order valence-electron chi connectivity index (χ0n) is 17.1. The van der Waals surface area contributed by atoms with Crippen molar-refractivity contribution in [3.05, 3.63) is 72.9 Å². The standard InChI is InChI=1S/C23H28N6/c1-18-9-12-28(16-22(18)29-13-11-25-17-29)23(24-2)27-15-19-6-5-7-20(14-19)21-8-3-4-10-26-21/h3-8,10-11,13-14,17-18,22H,9,12,15-16H2,1-2H3,(H,24,27). The normalized spacial score (nSPS) is 19.9. The SMILES string of the molecule is CN=C(NCc1cccc(-c2ccccn2)c1)N1CCC(C)C(n2ccnc2)C1. The van der Waals surface area contributed by atoms with Crippen LogP contribution in [0.1, 0.15) is 24.9 Å². The molecule has 3 heterocycles. The van der Waals surface area contributed by atoms with E-state index in [1.54, 1.807) is 0 Å². The Kier molecular flexibility index (Phi) is 5.89. The molecule has 2 aromatic heterocycles. The molecule has 4 rings (SSSR count). The van der Waals surface area contributed by atoms with Gasteiger partial charge in [-0.25, -0.2) is 4.98 Å². The van der Waals surface area contributed by atoms with Crippen LogP contribution in [0, 0.1) is 5.92 Å². The molecule has 1 fully saturated rings. The average molecular weight is 389 g/mol. The van der Waals surface area contributed by atoms with E-state index in [9.17, 15) is 0 Å². The Bertz CT molecular complexity index is 935. The van der Waals surface area contributed by atoms with Crippen molar-refractivity contribution in [1.82, 2.24) is 24.8 Å². The zero-order chi connectivity index (χ0) is 20.1. The first-order chi connectivity index (χ1) is 14.2. The van der Waals surface area contributed by atoms with Crippen LogP contribution in [-0.4, -0.2) is 45.5 Å². The molecule has 150 valence electrons. The van der Waals surface area contributed by atoms with Crippen LogP contribution < -0.4 is 5.32 Å². The third kappa shape index (κ3) is 4.47. The Balaban J connectivity index is 1.42. The van der Waals surface area contributed by atoms with Crippen molar-refractivity contribution >= 4 is 5.96 Å². The number of hydrogen-bond acceptors (Lipinski definition) is 3. The van der Waals surface area contributed by atoms with Crippen molar-refractivity contribution in [3.8, 4) is 11.3 Å². The second kappa shape index (κ2) is 8.90. The van der Waals surface area contributed by atoms with Crippen molar-refractivity contribution in [1.29, 1.82) is 0 Å². The number of nitrogens with one attached hydrogen (secondary N) is 1. The number of guanidine groups is 1. The Hall–Kier alpha value is -3.15. The Morgan fingerprint density at radius 1 is 1.21 bits per heavy atom. The van der Waals surface area contributed by atoms with Crippen molar-refractivity contribution in [2.24, 2.45) is 10.9 Å². The molecule has 0 spiro atoms. The van der Waals surface area contributed by atoms with E-state index in [0.717, 1.165) is 43.3 Å². The summed E-state index contributed by atoms with van der Waals surface area (Å²) >= 11 is 0. The topological polar surface area (TPSA) is 58.3 Å². The molecule has 6 heteroatoms. The van der Waals surface area contributed by atoms with Gasteiger partial charge in [-0.05, 0) is 36.1 Å². The van der Waals surface area contributed by atoms with E-state index >= 15 is 0 Å². The lowest BCUT2D eigenvalue weighted by Crippen LogP contribution is -2.48. The van der Waals surface area contributed by atoms with Crippen LogP contribution in [0.4, 0.5) is 0 Å². The number of likely N-dealkylation sites (tertiary alicyclic amines) is 1. The first-order valence-corrected chi connectivity index (χ1v) is 10.2. The predicted molar refractivity (Wildman–Crippen MR) is 116 cm³/mol. The molecule has 3 aromatic rings. The van der Waals surface area contributed by atoms with Crippen LogP contribution >= 0.6 is 0 Å². The number of benzene rings is 1. The van der Waals surface area contributed by atoms with Gasteiger partial charge in [-0.15, -0.1) is 0 Å². The Morgan fingerprint density at radius 3 is 2.90 bits per heavy atom. The second-order valence-corrected chi connectivity index (χ2v) is 7.61. The molecule has 1 aromatic carbocycles. The number of rotatable bonds is 4. The summed E-state index contributed by atoms with van der Waals surface area (Å²) in [7, 11) is 1.86. The van der Waals surface area contributed by atoms with Crippen LogP contribution in [0.5, 0.6) is 0 Å². The van der Waals surface area contributed by atoms with Gasteiger partial charge in [0.2, 0.25) is 0 Å². The number of hydrogen-bond donors (Lipinski definition) is 1. The van der Waals surface area contributed by atoms with E-state index in [0.29, 0.717) is 12.0 Å². The smallest absolute Gasteiger partial charge is 0.193 e. The highest BCUT2D eigenvalue weighted by molar-refractivity contribution is 5.80. The van der Waals surface area contributed by atoms with E-state index in [4.69, 9.17) is 0 Å². The lowest BCUT2D eigenvalue weighted by molar-refractivity contribution is 0.189. The molecule has 0 saturated carbocycles. The highest BCUT2D eigenvalue weighted by Gasteiger charge is 2.28. The summed E-state index contributed by atoms with van der Waals surface area (Å²) in [5, 5.41) is 3.55. The van der Waals surface area contributed by atoms with Gasteiger partial charge in [0.1, 0.15) is 0 Å². The zero-order valence-corrected chi connectivity index (χ0v) is 17.1. The van der Waals surface area contributed by atoms with Crippen LogP contribution in [0.15, 0.2) is 72.4 Å². The van der Waals surface area contributed by atoms with Crippen molar-refractivity contribution < 1.29 is 0 Å². The predicted octanol–water partition coefficient (Wildman–Crippen LogP) is 3.60. The minimum absolute atomic E-state index is 0.414. The molecule has 1 N–H and O–H groups in total. The first-order valence-electron chi connectivity index (χ1n) is 10.2. The fourth-order valence-electron chi connectivity index (χ4n) is 3.98. The molecular weight excluding hydrogens is 360 g/mol. The summed E-state index contributed by atoms with van der Waals surface area (Å²) in [6, 6.07) is 14.9. The van der Waals surface area contributed by atoms with Gasteiger partial charge in [0.15, 0.2) is 5.96 Å². The average Bonchev–Trinajstić information content (AvgIpc) is 3.31. The maximum atomic E-state index is 4.54. The van der Waals surface area contributed by atoms with Gasteiger partial charge in [-0.1, -0.05) is 31.2 Å². The molecule has 0 amide bonds. The Morgan fingerprint density at radius 2 is 2.14 bits per heavy atom. The van der Waals surface area contributed by atoms with Gasteiger partial charge < -0.3 is 14.8 Å².